The van der Waals surface area contributed by atoms with Crippen LogP contribution in [-0.4, -0.2) is 33.0 Å². The molecule has 1 amide bonds. The summed E-state index contributed by atoms with van der Waals surface area (Å²) in [7, 11) is 1.70. The maximum atomic E-state index is 13.4. The number of aromatic nitrogens is 3. The Morgan fingerprint density at radius 1 is 1.13 bits per heavy atom. The molecule has 6 nitrogen and oxygen atoms in total. The van der Waals surface area contributed by atoms with Crippen molar-refractivity contribution >= 4 is 40.0 Å². The molecule has 0 atom stereocenters. The van der Waals surface area contributed by atoms with E-state index in [9.17, 15) is 4.79 Å². The molecular weight excluding hydrogens is 435 g/mol. The Kier molecular flexibility index (Phi) is 5.94. The zero-order valence-corrected chi connectivity index (χ0v) is 18.8. The number of carbonyl (C=O) groups is 1. The van der Waals surface area contributed by atoms with Gasteiger partial charge in [0.2, 0.25) is 0 Å². The van der Waals surface area contributed by atoms with E-state index < -0.39 is 0 Å². The predicted octanol–water partition coefficient (Wildman–Crippen LogP) is 5.73. The molecule has 31 heavy (non-hydrogen) atoms. The number of aryl methyl sites for hydroxylation is 1. The normalized spacial score (nSPS) is 11.1. The van der Waals surface area contributed by atoms with Crippen molar-refractivity contribution in [3.05, 3.63) is 75.2 Å². The van der Waals surface area contributed by atoms with Crippen molar-refractivity contribution in [2.24, 2.45) is 0 Å². The summed E-state index contributed by atoms with van der Waals surface area (Å²) in [6.07, 6.45) is 0.767. The molecule has 0 radical (unpaired) electrons. The second-order valence-corrected chi connectivity index (χ2v) is 8.07. The molecule has 2 heterocycles. The molecular formula is C23H20Cl2N4O2. The average molecular weight is 455 g/mol. The van der Waals surface area contributed by atoms with Gasteiger partial charge in [-0.25, -0.2) is 9.97 Å². The molecule has 8 heteroatoms. The van der Waals surface area contributed by atoms with Crippen LogP contribution < -0.4 is 0 Å². The smallest absolute Gasteiger partial charge is 0.273 e. The molecule has 2 aromatic carbocycles. The van der Waals surface area contributed by atoms with Crippen molar-refractivity contribution in [2.75, 3.05) is 7.05 Å². The number of hydrogen-bond donors (Lipinski definition) is 0. The van der Waals surface area contributed by atoms with Crippen LogP contribution in [0.2, 0.25) is 10.0 Å². The summed E-state index contributed by atoms with van der Waals surface area (Å²) in [4.78, 5) is 24.2. The molecule has 0 aliphatic carbocycles. The first-order valence-electron chi connectivity index (χ1n) is 9.80. The molecule has 0 fully saturated rings. The molecule has 4 aromatic rings. The zero-order chi connectivity index (χ0) is 22.1. The van der Waals surface area contributed by atoms with E-state index in [2.05, 4.69) is 15.1 Å². The SMILES string of the molecule is CCc1noc(CN(C)C(=O)c2nc(-c3ccccc3Cl)nc3ccc(Cl)cc23)c1C. The van der Waals surface area contributed by atoms with Gasteiger partial charge in [-0.15, -0.1) is 0 Å². The van der Waals surface area contributed by atoms with Crippen LogP contribution in [0.4, 0.5) is 0 Å². The van der Waals surface area contributed by atoms with E-state index >= 15 is 0 Å². The highest BCUT2D eigenvalue weighted by atomic mass is 35.5. The van der Waals surface area contributed by atoms with E-state index in [-0.39, 0.29) is 18.1 Å². The molecule has 4 rings (SSSR count). The fourth-order valence-corrected chi connectivity index (χ4v) is 3.77. The molecule has 0 bridgehead atoms. The Morgan fingerprint density at radius 2 is 1.90 bits per heavy atom. The summed E-state index contributed by atoms with van der Waals surface area (Å²) in [6, 6.07) is 12.5. The summed E-state index contributed by atoms with van der Waals surface area (Å²) in [5, 5.41) is 5.65. The lowest BCUT2D eigenvalue weighted by Gasteiger charge is -2.17. The van der Waals surface area contributed by atoms with Gasteiger partial charge in [-0.05, 0) is 43.7 Å². The highest BCUT2D eigenvalue weighted by molar-refractivity contribution is 6.33. The molecule has 0 N–H and O–H groups in total. The average Bonchev–Trinajstić information content (AvgIpc) is 3.12. The number of fused-ring (bicyclic) bond motifs is 1. The van der Waals surface area contributed by atoms with Crippen LogP contribution >= 0.6 is 23.2 Å². The van der Waals surface area contributed by atoms with Gasteiger partial charge in [0.15, 0.2) is 11.6 Å². The van der Waals surface area contributed by atoms with Gasteiger partial charge in [-0.1, -0.05) is 47.4 Å². The van der Waals surface area contributed by atoms with Crippen molar-refractivity contribution in [3.8, 4) is 11.4 Å². The van der Waals surface area contributed by atoms with Gasteiger partial charge in [0.25, 0.3) is 5.91 Å². The largest absolute Gasteiger partial charge is 0.359 e. The van der Waals surface area contributed by atoms with Gasteiger partial charge >= 0.3 is 0 Å². The number of nitrogens with zero attached hydrogens (tertiary/aromatic N) is 4. The number of halogens is 2. The number of carbonyl (C=O) groups excluding carboxylic acids is 1. The van der Waals surface area contributed by atoms with Crippen molar-refractivity contribution in [1.82, 2.24) is 20.0 Å². The minimum absolute atomic E-state index is 0.248. The second-order valence-electron chi connectivity index (χ2n) is 7.23. The van der Waals surface area contributed by atoms with Gasteiger partial charge < -0.3 is 9.42 Å². The first-order chi connectivity index (χ1) is 14.9. The van der Waals surface area contributed by atoms with Crippen LogP contribution in [0.5, 0.6) is 0 Å². The molecule has 0 aliphatic heterocycles. The van der Waals surface area contributed by atoms with Crippen LogP contribution in [0.25, 0.3) is 22.3 Å². The maximum Gasteiger partial charge on any atom is 0.273 e. The van der Waals surface area contributed by atoms with Gasteiger partial charge in [-0.3, -0.25) is 4.79 Å². The Balaban J connectivity index is 1.79. The minimum Gasteiger partial charge on any atom is -0.359 e. The van der Waals surface area contributed by atoms with Gasteiger partial charge in [0.1, 0.15) is 5.69 Å². The lowest BCUT2D eigenvalue weighted by molar-refractivity contribution is 0.0768. The van der Waals surface area contributed by atoms with Crippen LogP contribution in [0.15, 0.2) is 47.0 Å². The van der Waals surface area contributed by atoms with E-state index in [1.165, 1.54) is 0 Å². The monoisotopic (exact) mass is 454 g/mol. The summed E-state index contributed by atoms with van der Waals surface area (Å²) in [5.74, 6) is 0.744. The summed E-state index contributed by atoms with van der Waals surface area (Å²) < 4.78 is 5.44. The van der Waals surface area contributed by atoms with Crippen LogP contribution in [0.3, 0.4) is 0 Å². The third kappa shape index (κ3) is 4.13. The topological polar surface area (TPSA) is 72.1 Å². The summed E-state index contributed by atoms with van der Waals surface area (Å²) in [5.41, 5.74) is 3.34. The van der Waals surface area contributed by atoms with Crippen molar-refractivity contribution in [1.29, 1.82) is 0 Å². The van der Waals surface area contributed by atoms with E-state index in [0.29, 0.717) is 38.1 Å². The van der Waals surface area contributed by atoms with Gasteiger partial charge in [-0.2, -0.15) is 0 Å². The molecule has 0 saturated heterocycles. The summed E-state index contributed by atoms with van der Waals surface area (Å²) >= 11 is 12.6. The fourth-order valence-electron chi connectivity index (χ4n) is 3.38. The van der Waals surface area contributed by atoms with Crippen LogP contribution in [0, 0.1) is 6.92 Å². The Morgan fingerprint density at radius 3 is 2.61 bits per heavy atom. The van der Waals surface area contributed by atoms with E-state index in [1.807, 2.05) is 32.0 Å². The van der Waals surface area contributed by atoms with E-state index in [4.69, 9.17) is 27.7 Å². The Bertz CT molecular complexity index is 1290. The quantitative estimate of drug-likeness (QED) is 0.384. The molecule has 2 aromatic heterocycles. The third-order valence-electron chi connectivity index (χ3n) is 5.15. The Hall–Kier alpha value is -2.96. The van der Waals surface area contributed by atoms with Crippen LogP contribution in [-0.2, 0) is 13.0 Å². The number of benzene rings is 2. The van der Waals surface area contributed by atoms with Gasteiger partial charge in [0, 0.05) is 28.6 Å². The first-order valence-corrected chi connectivity index (χ1v) is 10.6. The third-order valence-corrected chi connectivity index (χ3v) is 5.72. The van der Waals surface area contributed by atoms with Crippen molar-refractivity contribution in [2.45, 2.75) is 26.8 Å². The van der Waals surface area contributed by atoms with Crippen LogP contribution in [0.1, 0.15) is 34.4 Å². The second kappa shape index (κ2) is 8.65. The maximum absolute atomic E-state index is 13.4. The van der Waals surface area contributed by atoms with E-state index in [1.54, 1.807) is 36.2 Å². The number of amides is 1. The fraction of sp³-hybridized carbons (Fsp3) is 0.217. The summed E-state index contributed by atoms with van der Waals surface area (Å²) in [6.45, 7) is 4.22. The highest BCUT2D eigenvalue weighted by Gasteiger charge is 2.22. The highest BCUT2D eigenvalue weighted by Crippen LogP contribution is 2.29. The lowest BCUT2D eigenvalue weighted by Crippen LogP contribution is -2.27. The van der Waals surface area contributed by atoms with E-state index in [0.717, 1.165) is 17.7 Å². The van der Waals surface area contributed by atoms with Crippen molar-refractivity contribution < 1.29 is 9.32 Å². The first kappa shape index (κ1) is 21.3. The standard InChI is InChI=1S/C23H20Cl2N4O2/c1-4-18-13(2)20(31-28-18)12-29(3)23(30)21-16-11-14(24)9-10-19(16)26-22(27-21)15-7-5-6-8-17(15)25/h5-11H,4,12H2,1-3H3. The lowest BCUT2D eigenvalue weighted by atomic mass is 10.1. The Labute approximate surface area is 189 Å². The van der Waals surface area contributed by atoms with Gasteiger partial charge in [0.05, 0.1) is 22.8 Å². The molecule has 158 valence electrons. The van der Waals surface area contributed by atoms with Crippen molar-refractivity contribution in [3.63, 3.8) is 0 Å². The minimum atomic E-state index is -0.281. The molecule has 0 aliphatic rings. The molecule has 0 saturated carbocycles. The number of hydrogen-bond acceptors (Lipinski definition) is 5. The molecule has 0 spiro atoms. The molecule has 0 unspecified atom stereocenters. The predicted molar refractivity (Wildman–Crippen MR) is 121 cm³/mol. The number of rotatable bonds is 5. The zero-order valence-electron chi connectivity index (χ0n) is 17.3.